The van der Waals surface area contributed by atoms with Crippen LogP contribution in [-0.4, -0.2) is 320 Å². The molecule has 390 valence electrons. The van der Waals surface area contributed by atoms with E-state index in [2.05, 4.69) is 5.32 Å². The lowest BCUT2D eigenvalue weighted by Crippen LogP contribution is -2.71. The number of aliphatic hydroxyl groups excluding tert-OH is 19. The highest BCUT2D eigenvalue weighted by Gasteiger charge is 2.73. The van der Waals surface area contributed by atoms with E-state index in [9.17, 15) is 97.0 Å². The summed E-state index contributed by atoms with van der Waals surface area (Å²) in [6, 6.07) is -2.61. The average molecular weight is 986 g/mol. The highest BCUT2D eigenvalue weighted by Crippen LogP contribution is 2.50. The average Bonchev–Trinajstić information content (AvgIpc) is 4.06. The van der Waals surface area contributed by atoms with E-state index in [0.717, 1.165) is 0 Å². The van der Waals surface area contributed by atoms with Gasteiger partial charge in [-0.2, -0.15) is 0 Å². The van der Waals surface area contributed by atoms with Gasteiger partial charge in [0.2, 0.25) is 0 Å². The van der Waals surface area contributed by atoms with Crippen LogP contribution in [0.5, 0.6) is 0 Å². The number of hydrogen-bond donors (Lipinski definition) is 20. The molecular formula is C37H63NO29. The molecular weight excluding hydrogens is 922 g/mol. The Morgan fingerprint density at radius 3 is 1.30 bits per heavy atom. The summed E-state index contributed by atoms with van der Waals surface area (Å²) in [5, 5.41) is 203. The molecule has 6 aliphatic heterocycles. The molecule has 30 nitrogen and oxygen atoms in total. The maximum atomic E-state index is 11.3. The van der Waals surface area contributed by atoms with Gasteiger partial charge in [-0.05, 0) is 6.92 Å². The number of rotatable bonds is 15. The lowest BCUT2D eigenvalue weighted by Gasteiger charge is -2.49. The smallest absolute Gasteiger partial charge is 0.187 e. The van der Waals surface area contributed by atoms with Crippen molar-refractivity contribution in [2.24, 2.45) is 0 Å². The molecule has 67 heavy (non-hydrogen) atoms. The van der Waals surface area contributed by atoms with Crippen molar-refractivity contribution in [2.45, 2.75) is 196 Å². The molecule has 0 amide bonds. The summed E-state index contributed by atoms with van der Waals surface area (Å²) in [4.78, 5) is 0. The highest BCUT2D eigenvalue weighted by atomic mass is 16.8. The van der Waals surface area contributed by atoms with Crippen LogP contribution in [0.3, 0.4) is 0 Å². The predicted molar refractivity (Wildman–Crippen MR) is 203 cm³/mol. The second kappa shape index (κ2) is 21.5. The van der Waals surface area contributed by atoms with Crippen LogP contribution in [0, 0.1) is 0 Å². The number of epoxide rings is 1. The summed E-state index contributed by atoms with van der Waals surface area (Å²) in [6.45, 7) is -2.99. The van der Waals surface area contributed by atoms with E-state index in [1.807, 2.05) is 0 Å². The molecule has 31 atom stereocenters. The van der Waals surface area contributed by atoms with Gasteiger partial charge in [-0.3, -0.25) is 0 Å². The number of aliphatic hydroxyl groups is 19. The van der Waals surface area contributed by atoms with E-state index in [-0.39, 0.29) is 0 Å². The van der Waals surface area contributed by atoms with Gasteiger partial charge in [-0.1, -0.05) is 0 Å². The van der Waals surface area contributed by atoms with Crippen LogP contribution >= 0.6 is 0 Å². The fourth-order valence-electron chi connectivity index (χ4n) is 9.55. The van der Waals surface area contributed by atoms with Crippen molar-refractivity contribution >= 4 is 0 Å². The van der Waals surface area contributed by atoms with E-state index >= 15 is 0 Å². The Morgan fingerprint density at radius 1 is 0.403 bits per heavy atom. The van der Waals surface area contributed by atoms with Crippen LogP contribution in [0.4, 0.5) is 0 Å². The van der Waals surface area contributed by atoms with Crippen LogP contribution in [0.15, 0.2) is 0 Å². The van der Waals surface area contributed by atoms with Crippen molar-refractivity contribution in [2.75, 3.05) is 33.0 Å². The Kier molecular flexibility index (Phi) is 17.2. The molecule has 0 radical (unpaired) electrons. The molecule has 0 aromatic rings. The fourth-order valence-corrected chi connectivity index (χ4v) is 9.55. The summed E-state index contributed by atoms with van der Waals surface area (Å²) in [7, 11) is 0. The first-order chi connectivity index (χ1) is 31.7. The first kappa shape index (κ1) is 53.6. The Labute approximate surface area is 379 Å². The molecule has 0 aromatic heterocycles. The maximum absolute atomic E-state index is 11.3. The van der Waals surface area contributed by atoms with Crippen molar-refractivity contribution in [3.63, 3.8) is 0 Å². The Balaban J connectivity index is 0.960. The van der Waals surface area contributed by atoms with Gasteiger partial charge in [0.05, 0.1) is 51.2 Å². The van der Waals surface area contributed by atoms with Gasteiger partial charge in [-0.25, -0.2) is 0 Å². The molecule has 7 aliphatic rings. The van der Waals surface area contributed by atoms with Gasteiger partial charge in [0.1, 0.15) is 140 Å². The highest BCUT2D eigenvalue weighted by molar-refractivity contribution is 5.23. The number of nitrogens with one attached hydrogen (secondary N) is 1. The minimum atomic E-state index is -2.10. The zero-order valence-corrected chi connectivity index (χ0v) is 35.4. The molecule has 6 saturated heterocycles. The van der Waals surface area contributed by atoms with Crippen LogP contribution in [0.1, 0.15) is 6.92 Å². The van der Waals surface area contributed by atoms with Gasteiger partial charge in [0, 0.05) is 0 Å². The Morgan fingerprint density at radius 2 is 0.806 bits per heavy atom. The fraction of sp³-hybridized carbons (Fsp3) is 1.00. The monoisotopic (exact) mass is 985 g/mol. The molecule has 31 unspecified atom stereocenters. The third-order valence-electron chi connectivity index (χ3n) is 13.6. The molecule has 7 fully saturated rings. The summed E-state index contributed by atoms with van der Waals surface area (Å²) in [6.07, 6.45) is -49.6. The van der Waals surface area contributed by atoms with Crippen molar-refractivity contribution in [3.05, 3.63) is 0 Å². The summed E-state index contributed by atoms with van der Waals surface area (Å²) in [5.41, 5.74) is -1.77. The second-order valence-corrected chi connectivity index (χ2v) is 17.7. The number of hydrogen-bond acceptors (Lipinski definition) is 30. The Hall–Kier alpha value is -1.20. The van der Waals surface area contributed by atoms with Crippen molar-refractivity contribution < 1.29 is 144 Å². The van der Waals surface area contributed by atoms with E-state index in [4.69, 9.17) is 47.4 Å². The predicted octanol–water partition coefficient (Wildman–Crippen LogP) is -13.7. The molecule has 7 rings (SSSR count). The molecule has 1 aliphatic carbocycles. The van der Waals surface area contributed by atoms with Crippen molar-refractivity contribution in [1.29, 1.82) is 0 Å². The van der Waals surface area contributed by atoms with Crippen molar-refractivity contribution in [3.8, 4) is 0 Å². The zero-order chi connectivity index (χ0) is 49.1. The molecule has 0 bridgehead atoms. The molecule has 6 heterocycles. The Bertz CT molecular complexity index is 1590. The van der Waals surface area contributed by atoms with E-state index in [1.54, 1.807) is 0 Å². The van der Waals surface area contributed by atoms with E-state index in [0.29, 0.717) is 0 Å². The first-order valence-electron chi connectivity index (χ1n) is 21.6. The van der Waals surface area contributed by atoms with Gasteiger partial charge in [0.25, 0.3) is 0 Å². The molecule has 0 aromatic carbocycles. The SMILES string of the molecule is CC1OC(OC2C(CO)OC(OC3C(CO)OC(OC4C(CO)OC(O)C(O)C4O)C(O)C3O)C(O)C2O)C(O)C(O)C1NC1C(O)C(O)C(OC2OC(CO)C(O)C(O)C2O)C2(CO)OC12. The minimum Gasteiger partial charge on any atom is -0.394 e. The molecule has 20 N–H and O–H groups in total. The normalized spacial score (nSPS) is 56.1. The van der Waals surface area contributed by atoms with Gasteiger partial charge in [-0.15, -0.1) is 0 Å². The minimum absolute atomic E-state index is 0.795. The van der Waals surface area contributed by atoms with E-state index in [1.165, 1.54) is 6.92 Å². The molecule has 0 spiro atoms. The topological polar surface area (TPSA) is 492 Å². The van der Waals surface area contributed by atoms with Crippen LogP contribution in [-0.2, 0) is 47.4 Å². The number of ether oxygens (including phenoxy) is 10. The number of fused-ring (bicyclic) bond motifs is 1. The summed E-state index contributed by atoms with van der Waals surface area (Å²) >= 11 is 0. The van der Waals surface area contributed by atoms with Gasteiger partial charge in [0.15, 0.2) is 31.5 Å². The lowest BCUT2D eigenvalue weighted by atomic mass is 9.78. The third kappa shape index (κ3) is 9.88. The first-order valence-corrected chi connectivity index (χ1v) is 21.6. The molecule has 30 heteroatoms. The zero-order valence-electron chi connectivity index (χ0n) is 35.4. The third-order valence-corrected chi connectivity index (χ3v) is 13.6. The van der Waals surface area contributed by atoms with E-state index < -0.39 is 223 Å². The van der Waals surface area contributed by atoms with Crippen molar-refractivity contribution in [1.82, 2.24) is 5.32 Å². The largest absolute Gasteiger partial charge is 0.394 e. The molecule has 1 saturated carbocycles. The quantitative estimate of drug-likeness (QED) is 0.0678. The van der Waals surface area contributed by atoms with Crippen LogP contribution in [0.25, 0.3) is 0 Å². The summed E-state index contributed by atoms with van der Waals surface area (Å²) in [5.74, 6) is 0. The summed E-state index contributed by atoms with van der Waals surface area (Å²) < 4.78 is 55.8. The van der Waals surface area contributed by atoms with Crippen LogP contribution in [0.2, 0.25) is 0 Å². The standard InChI is InChI=1S/C37H63NO29/c1-7-12(38-13-16(46)21(51)31(37(6-43)30(13)67-37)66-36-24(54)17(47)14(44)8(2-39)60-36)15(45)23(53)33(58-7)63-28-10(4-41)61-35(25(55)19(28)49)65-29-11(5-42)62-34(26(56)20(29)50)64-27-9(3-40)59-32(57)22(52)18(27)48/h7-36,38-57H,2-6H2,1H3. The van der Waals surface area contributed by atoms with Gasteiger partial charge < -0.3 is 150 Å². The second-order valence-electron chi connectivity index (χ2n) is 17.7. The maximum Gasteiger partial charge on any atom is 0.187 e. The lowest BCUT2D eigenvalue weighted by molar-refractivity contribution is -0.385. The van der Waals surface area contributed by atoms with Crippen LogP contribution < -0.4 is 5.32 Å². The van der Waals surface area contributed by atoms with Gasteiger partial charge >= 0.3 is 0 Å².